The number of amides is 1. The van der Waals surface area contributed by atoms with E-state index >= 15 is 0 Å². The summed E-state index contributed by atoms with van der Waals surface area (Å²) in [6, 6.07) is 17.8. The molecule has 1 heterocycles. The van der Waals surface area contributed by atoms with Gasteiger partial charge in [0.15, 0.2) is 0 Å². The Morgan fingerprint density at radius 1 is 1.04 bits per heavy atom. The number of hydrogen-bond acceptors (Lipinski definition) is 2. The number of rotatable bonds is 4. The second-order valence-corrected chi connectivity index (χ2v) is 6.81. The molecule has 0 bridgehead atoms. The maximum absolute atomic E-state index is 12.9. The average molecular weight is 331 g/mol. The molecule has 1 aromatic heterocycles. The predicted octanol–water partition coefficient (Wildman–Crippen LogP) is 4.62. The molecule has 1 aliphatic carbocycles. The summed E-state index contributed by atoms with van der Waals surface area (Å²) >= 11 is 0. The van der Waals surface area contributed by atoms with Crippen LogP contribution in [-0.4, -0.2) is 15.7 Å². The van der Waals surface area contributed by atoms with Crippen molar-refractivity contribution in [3.05, 3.63) is 77.1 Å². The lowest BCUT2D eigenvalue weighted by molar-refractivity contribution is 0.101. The first kappa shape index (κ1) is 15.6. The second-order valence-electron chi connectivity index (χ2n) is 6.81. The van der Waals surface area contributed by atoms with Crippen molar-refractivity contribution >= 4 is 11.6 Å². The summed E-state index contributed by atoms with van der Waals surface area (Å²) in [6.07, 6.45) is 2.31. The standard InChI is InChI=1S/C21H21N3O/c1-14-10-15(2)12-17(11-14)22-21(25)20-13-19(16-8-9-16)23-24(20)18-6-4-3-5-7-18/h3-7,10-13,16H,8-9H2,1-2H3,(H,22,25). The number of hydrogen-bond donors (Lipinski definition) is 1. The summed E-state index contributed by atoms with van der Waals surface area (Å²) in [4.78, 5) is 12.9. The highest BCUT2D eigenvalue weighted by Crippen LogP contribution is 2.39. The molecular weight excluding hydrogens is 310 g/mol. The van der Waals surface area contributed by atoms with Crippen molar-refractivity contribution in [3.63, 3.8) is 0 Å². The Hall–Kier alpha value is -2.88. The molecule has 0 aliphatic heterocycles. The summed E-state index contributed by atoms with van der Waals surface area (Å²) in [5, 5.41) is 7.72. The molecule has 0 spiro atoms. The molecule has 4 rings (SSSR count). The van der Waals surface area contributed by atoms with Gasteiger partial charge in [-0.05, 0) is 68.1 Å². The van der Waals surface area contributed by atoms with E-state index < -0.39 is 0 Å². The maximum atomic E-state index is 12.9. The molecule has 1 N–H and O–H groups in total. The van der Waals surface area contributed by atoms with Crippen LogP contribution in [0.3, 0.4) is 0 Å². The molecule has 0 saturated heterocycles. The van der Waals surface area contributed by atoms with Crippen LogP contribution >= 0.6 is 0 Å². The van der Waals surface area contributed by atoms with Gasteiger partial charge in [0.25, 0.3) is 5.91 Å². The Morgan fingerprint density at radius 3 is 2.36 bits per heavy atom. The Labute approximate surface area is 147 Å². The van der Waals surface area contributed by atoms with Gasteiger partial charge in [-0.15, -0.1) is 0 Å². The van der Waals surface area contributed by atoms with E-state index in [4.69, 9.17) is 5.10 Å². The van der Waals surface area contributed by atoms with Crippen molar-refractivity contribution in [2.75, 3.05) is 5.32 Å². The van der Waals surface area contributed by atoms with Crippen LogP contribution in [0.1, 0.15) is 46.1 Å². The molecule has 0 atom stereocenters. The monoisotopic (exact) mass is 331 g/mol. The van der Waals surface area contributed by atoms with Gasteiger partial charge in [-0.3, -0.25) is 4.79 Å². The zero-order chi connectivity index (χ0) is 17.4. The summed E-state index contributed by atoms with van der Waals surface area (Å²) < 4.78 is 1.76. The smallest absolute Gasteiger partial charge is 0.274 e. The maximum Gasteiger partial charge on any atom is 0.274 e. The number of para-hydroxylation sites is 1. The molecule has 4 heteroatoms. The van der Waals surface area contributed by atoms with Crippen LogP contribution in [0.15, 0.2) is 54.6 Å². The lowest BCUT2D eigenvalue weighted by Gasteiger charge is -2.09. The summed E-state index contributed by atoms with van der Waals surface area (Å²) in [5.74, 6) is 0.367. The van der Waals surface area contributed by atoms with Crippen molar-refractivity contribution in [2.24, 2.45) is 0 Å². The molecule has 1 aliphatic rings. The zero-order valence-electron chi connectivity index (χ0n) is 14.5. The minimum atomic E-state index is -0.131. The lowest BCUT2D eigenvalue weighted by Crippen LogP contribution is -2.17. The van der Waals surface area contributed by atoms with E-state index in [0.29, 0.717) is 11.6 Å². The Morgan fingerprint density at radius 2 is 1.72 bits per heavy atom. The van der Waals surface area contributed by atoms with Gasteiger partial charge in [-0.2, -0.15) is 5.10 Å². The molecule has 0 radical (unpaired) electrons. The largest absolute Gasteiger partial charge is 0.321 e. The average Bonchev–Trinajstić information content (AvgIpc) is 3.33. The van der Waals surface area contributed by atoms with E-state index in [9.17, 15) is 4.79 Å². The first-order valence-electron chi connectivity index (χ1n) is 8.65. The zero-order valence-corrected chi connectivity index (χ0v) is 14.5. The molecule has 1 saturated carbocycles. The van der Waals surface area contributed by atoms with Gasteiger partial charge >= 0.3 is 0 Å². The minimum absolute atomic E-state index is 0.131. The summed E-state index contributed by atoms with van der Waals surface area (Å²) in [5.41, 5.74) is 5.56. The topological polar surface area (TPSA) is 46.9 Å². The van der Waals surface area contributed by atoms with Crippen LogP contribution in [0.5, 0.6) is 0 Å². The highest BCUT2D eigenvalue weighted by molar-refractivity contribution is 6.03. The number of carbonyl (C=O) groups excluding carboxylic acids is 1. The molecule has 25 heavy (non-hydrogen) atoms. The molecular formula is C21H21N3O. The van der Waals surface area contributed by atoms with Gasteiger partial charge in [0, 0.05) is 11.6 Å². The van der Waals surface area contributed by atoms with Gasteiger partial charge in [0.2, 0.25) is 0 Å². The third kappa shape index (κ3) is 3.33. The normalized spacial score (nSPS) is 13.7. The van der Waals surface area contributed by atoms with Crippen molar-refractivity contribution in [2.45, 2.75) is 32.6 Å². The predicted molar refractivity (Wildman–Crippen MR) is 99.4 cm³/mol. The highest BCUT2D eigenvalue weighted by Gasteiger charge is 2.29. The van der Waals surface area contributed by atoms with Crippen LogP contribution in [-0.2, 0) is 0 Å². The Bertz CT molecular complexity index is 903. The molecule has 2 aromatic carbocycles. The van der Waals surface area contributed by atoms with E-state index in [1.807, 2.05) is 62.4 Å². The van der Waals surface area contributed by atoms with E-state index in [-0.39, 0.29) is 5.91 Å². The van der Waals surface area contributed by atoms with Crippen LogP contribution in [0.4, 0.5) is 5.69 Å². The molecule has 0 unspecified atom stereocenters. The molecule has 4 nitrogen and oxygen atoms in total. The highest BCUT2D eigenvalue weighted by atomic mass is 16.2. The Balaban J connectivity index is 1.69. The molecule has 126 valence electrons. The fraction of sp³-hybridized carbons (Fsp3) is 0.238. The van der Waals surface area contributed by atoms with Crippen LogP contribution < -0.4 is 5.32 Å². The molecule has 3 aromatic rings. The third-order valence-corrected chi connectivity index (χ3v) is 4.44. The first-order valence-corrected chi connectivity index (χ1v) is 8.65. The molecule has 1 amide bonds. The van der Waals surface area contributed by atoms with Crippen molar-refractivity contribution in [1.29, 1.82) is 0 Å². The fourth-order valence-corrected chi connectivity index (χ4v) is 3.15. The minimum Gasteiger partial charge on any atom is -0.321 e. The SMILES string of the molecule is Cc1cc(C)cc(NC(=O)c2cc(C3CC3)nn2-c2ccccc2)c1. The van der Waals surface area contributed by atoms with Crippen molar-refractivity contribution < 1.29 is 4.79 Å². The van der Waals surface area contributed by atoms with E-state index in [2.05, 4.69) is 11.4 Å². The fourth-order valence-electron chi connectivity index (χ4n) is 3.15. The lowest BCUT2D eigenvalue weighted by atomic mass is 10.1. The second kappa shape index (κ2) is 6.20. The van der Waals surface area contributed by atoms with Crippen molar-refractivity contribution in [1.82, 2.24) is 9.78 Å². The summed E-state index contributed by atoms with van der Waals surface area (Å²) in [7, 11) is 0. The number of nitrogens with zero attached hydrogens (tertiary/aromatic N) is 2. The van der Waals surface area contributed by atoms with E-state index in [1.54, 1.807) is 4.68 Å². The van der Waals surface area contributed by atoms with Gasteiger partial charge < -0.3 is 5.32 Å². The van der Waals surface area contributed by atoms with Gasteiger partial charge in [-0.25, -0.2) is 4.68 Å². The van der Waals surface area contributed by atoms with E-state index in [0.717, 1.165) is 41.0 Å². The van der Waals surface area contributed by atoms with Gasteiger partial charge in [-0.1, -0.05) is 24.3 Å². The summed E-state index contributed by atoms with van der Waals surface area (Å²) in [6.45, 7) is 4.06. The van der Waals surface area contributed by atoms with Gasteiger partial charge in [0.1, 0.15) is 5.69 Å². The van der Waals surface area contributed by atoms with Crippen LogP contribution in [0.2, 0.25) is 0 Å². The quantitative estimate of drug-likeness (QED) is 0.758. The van der Waals surface area contributed by atoms with Crippen LogP contribution in [0.25, 0.3) is 5.69 Å². The van der Waals surface area contributed by atoms with Crippen LogP contribution in [0, 0.1) is 13.8 Å². The third-order valence-electron chi connectivity index (χ3n) is 4.44. The number of aromatic nitrogens is 2. The van der Waals surface area contributed by atoms with Crippen molar-refractivity contribution in [3.8, 4) is 5.69 Å². The first-order chi connectivity index (χ1) is 12.1. The number of benzene rings is 2. The number of nitrogens with one attached hydrogen (secondary N) is 1. The Kier molecular flexibility index (Phi) is 3.88. The number of aryl methyl sites for hydroxylation is 2. The van der Waals surface area contributed by atoms with Gasteiger partial charge in [0.05, 0.1) is 11.4 Å². The number of carbonyl (C=O) groups is 1. The number of anilines is 1. The van der Waals surface area contributed by atoms with E-state index in [1.165, 1.54) is 0 Å². The molecule has 1 fully saturated rings.